The standard InChI is InChI=1S/C21H30N2O3/c1-4-26-19-11-10-17(13-15(19)2)7-5-9-20(24)23-14-18-8-6-12-22(18)21(25)16(23)3/h10-11,13,16,18H,4-9,12,14H2,1-3H3/t16-,18-/m0/s1. The van der Waals surface area contributed by atoms with E-state index in [0.29, 0.717) is 19.6 Å². The van der Waals surface area contributed by atoms with Gasteiger partial charge in [-0.3, -0.25) is 9.59 Å². The van der Waals surface area contributed by atoms with E-state index in [-0.39, 0.29) is 23.9 Å². The molecule has 26 heavy (non-hydrogen) atoms. The Morgan fingerprint density at radius 1 is 1.35 bits per heavy atom. The number of fused-ring (bicyclic) bond motifs is 1. The monoisotopic (exact) mass is 358 g/mol. The summed E-state index contributed by atoms with van der Waals surface area (Å²) >= 11 is 0. The molecule has 2 aliphatic heterocycles. The molecule has 3 rings (SSSR count). The minimum absolute atomic E-state index is 0.111. The van der Waals surface area contributed by atoms with Crippen molar-refractivity contribution in [2.75, 3.05) is 19.7 Å². The van der Waals surface area contributed by atoms with Crippen LogP contribution >= 0.6 is 0 Å². The molecule has 5 heteroatoms. The van der Waals surface area contributed by atoms with Crippen molar-refractivity contribution in [2.45, 2.75) is 65.0 Å². The van der Waals surface area contributed by atoms with Crippen molar-refractivity contribution in [1.29, 1.82) is 0 Å². The highest BCUT2D eigenvalue weighted by atomic mass is 16.5. The first-order chi connectivity index (χ1) is 12.5. The number of ether oxygens (including phenoxy) is 1. The molecule has 2 heterocycles. The fourth-order valence-electron chi connectivity index (χ4n) is 4.16. The first-order valence-corrected chi connectivity index (χ1v) is 9.83. The quantitative estimate of drug-likeness (QED) is 0.786. The summed E-state index contributed by atoms with van der Waals surface area (Å²) in [5, 5.41) is 0. The summed E-state index contributed by atoms with van der Waals surface area (Å²) in [5.74, 6) is 1.16. The predicted octanol–water partition coefficient (Wildman–Crippen LogP) is 2.94. The summed E-state index contributed by atoms with van der Waals surface area (Å²) in [6.45, 7) is 8.12. The molecule has 0 bridgehead atoms. The highest BCUT2D eigenvalue weighted by Crippen LogP contribution is 2.26. The zero-order chi connectivity index (χ0) is 18.7. The maximum atomic E-state index is 12.7. The Balaban J connectivity index is 1.52. The van der Waals surface area contributed by atoms with Gasteiger partial charge in [-0.05, 0) is 63.6 Å². The fraction of sp³-hybridized carbons (Fsp3) is 0.619. The van der Waals surface area contributed by atoms with Gasteiger partial charge in [0.15, 0.2) is 0 Å². The minimum Gasteiger partial charge on any atom is -0.494 e. The van der Waals surface area contributed by atoms with Crippen LogP contribution in [0.2, 0.25) is 0 Å². The van der Waals surface area contributed by atoms with Crippen molar-refractivity contribution in [1.82, 2.24) is 9.80 Å². The molecular formula is C21H30N2O3. The molecule has 5 nitrogen and oxygen atoms in total. The van der Waals surface area contributed by atoms with Crippen LogP contribution in [-0.4, -0.2) is 53.4 Å². The molecule has 2 fully saturated rings. The van der Waals surface area contributed by atoms with E-state index in [1.807, 2.05) is 31.7 Å². The highest BCUT2D eigenvalue weighted by Gasteiger charge is 2.41. The van der Waals surface area contributed by atoms with Crippen LogP contribution in [-0.2, 0) is 16.0 Å². The smallest absolute Gasteiger partial charge is 0.245 e. The van der Waals surface area contributed by atoms with Crippen LogP contribution in [0.1, 0.15) is 50.7 Å². The Morgan fingerprint density at radius 2 is 2.15 bits per heavy atom. The number of benzene rings is 1. The van der Waals surface area contributed by atoms with E-state index in [2.05, 4.69) is 12.1 Å². The van der Waals surface area contributed by atoms with Gasteiger partial charge in [-0.25, -0.2) is 0 Å². The van der Waals surface area contributed by atoms with Gasteiger partial charge in [0.2, 0.25) is 11.8 Å². The number of piperazine rings is 1. The van der Waals surface area contributed by atoms with E-state index in [1.54, 1.807) is 4.90 Å². The molecule has 0 spiro atoms. The third-order valence-electron chi connectivity index (χ3n) is 5.61. The van der Waals surface area contributed by atoms with E-state index in [1.165, 1.54) is 5.56 Å². The Bertz CT molecular complexity index is 673. The molecule has 0 unspecified atom stereocenters. The summed E-state index contributed by atoms with van der Waals surface area (Å²) in [4.78, 5) is 28.9. The third-order valence-corrected chi connectivity index (χ3v) is 5.61. The second kappa shape index (κ2) is 8.11. The van der Waals surface area contributed by atoms with E-state index in [0.717, 1.165) is 43.5 Å². The molecule has 1 aromatic rings. The molecule has 0 aromatic heterocycles. The van der Waals surface area contributed by atoms with Gasteiger partial charge in [0.1, 0.15) is 11.8 Å². The first-order valence-electron chi connectivity index (χ1n) is 9.83. The number of hydrogen-bond acceptors (Lipinski definition) is 3. The molecule has 0 aliphatic carbocycles. The Morgan fingerprint density at radius 3 is 2.88 bits per heavy atom. The molecule has 0 N–H and O–H groups in total. The lowest BCUT2D eigenvalue weighted by molar-refractivity contribution is -0.152. The van der Waals surface area contributed by atoms with Crippen molar-refractivity contribution in [3.8, 4) is 5.75 Å². The molecule has 2 atom stereocenters. The number of carbonyl (C=O) groups is 2. The van der Waals surface area contributed by atoms with Crippen LogP contribution in [0.5, 0.6) is 5.75 Å². The molecule has 0 saturated carbocycles. The highest BCUT2D eigenvalue weighted by molar-refractivity contribution is 5.89. The summed E-state index contributed by atoms with van der Waals surface area (Å²) in [6, 6.07) is 6.14. The van der Waals surface area contributed by atoms with Crippen LogP contribution in [0.15, 0.2) is 18.2 Å². The van der Waals surface area contributed by atoms with Crippen LogP contribution in [0.3, 0.4) is 0 Å². The summed E-state index contributed by atoms with van der Waals surface area (Å²) in [5.41, 5.74) is 2.36. The van der Waals surface area contributed by atoms with Gasteiger partial charge in [0.25, 0.3) is 0 Å². The second-order valence-electron chi connectivity index (χ2n) is 7.44. The summed E-state index contributed by atoms with van der Waals surface area (Å²) in [7, 11) is 0. The van der Waals surface area contributed by atoms with Gasteiger partial charge in [0.05, 0.1) is 6.61 Å². The van der Waals surface area contributed by atoms with Crippen LogP contribution in [0.4, 0.5) is 0 Å². The van der Waals surface area contributed by atoms with Crippen LogP contribution < -0.4 is 4.74 Å². The summed E-state index contributed by atoms with van der Waals surface area (Å²) < 4.78 is 5.57. The SMILES string of the molecule is CCOc1ccc(CCCC(=O)N2C[C@@H]3CCCN3C(=O)[C@@H]2C)cc1C. The van der Waals surface area contributed by atoms with Crippen molar-refractivity contribution in [2.24, 2.45) is 0 Å². The van der Waals surface area contributed by atoms with Crippen LogP contribution in [0, 0.1) is 6.92 Å². The maximum Gasteiger partial charge on any atom is 0.245 e. The molecule has 2 aliphatic rings. The minimum atomic E-state index is -0.315. The molecular weight excluding hydrogens is 328 g/mol. The van der Waals surface area contributed by atoms with Gasteiger partial charge in [0, 0.05) is 25.6 Å². The lowest BCUT2D eigenvalue weighted by Gasteiger charge is -2.41. The molecule has 142 valence electrons. The molecule has 0 radical (unpaired) electrons. The van der Waals surface area contributed by atoms with Gasteiger partial charge in [-0.1, -0.05) is 12.1 Å². The number of hydrogen-bond donors (Lipinski definition) is 0. The normalized spacial score (nSPS) is 22.5. The van der Waals surface area contributed by atoms with Gasteiger partial charge in [-0.2, -0.15) is 0 Å². The van der Waals surface area contributed by atoms with E-state index in [9.17, 15) is 9.59 Å². The Labute approximate surface area is 156 Å². The summed E-state index contributed by atoms with van der Waals surface area (Å²) in [6.07, 6.45) is 4.25. The lowest BCUT2D eigenvalue weighted by atomic mass is 10.0. The lowest BCUT2D eigenvalue weighted by Crippen LogP contribution is -2.60. The zero-order valence-corrected chi connectivity index (χ0v) is 16.2. The van der Waals surface area contributed by atoms with Gasteiger partial charge >= 0.3 is 0 Å². The topological polar surface area (TPSA) is 49.9 Å². The van der Waals surface area contributed by atoms with Crippen molar-refractivity contribution in [3.05, 3.63) is 29.3 Å². The van der Waals surface area contributed by atoms with E-state index >= 15 is 0 Å². The van der Waals surface area contributed by atoms with Gasteiger partial charge in [-0.15, -0.1) is 0 Å². The number of carbonyl (C=O) groups excluding carboxylic acids is 2. The van der Waals surface area contributed by atoms with Crippen molar-refractivity contribution in [3.63, 3.8) is 0 Å². The molecule has 2 amide bonds. The fourth-order valence-corrected chi connectivity index (χ4v) is 4.16. The van der Waals surface area contributed by atoms with Gasteiger partial charge < -0.3 is 14.5 Å². The zero-order valence-electron chi connectivity index (χ0n) is 16.2. The number of rotatable bonds is 6. The number of aryl methyl sites for hydroxylation is 2. The third kappa shape index (κ3) is 3.87. The van der Waals surface area contributed by atoms with Crippen molar-refractivity contribution >= 4 is 11.8 Å². The molecule has 1 aromatic carbocycles. The average Bonchev–Trinajstić information content (AvgIpc) is 3.09. The van der Waals surface area contributed by atoms with Crippen LogP contribution in [0.25, 0.3) is 0 Å². The molecule has 2 saturated heterocycles. The first kappa shape index (κ1) is 18.7. The largest absolute Gasteiger partial charge is 0.494 e. The Kier molecular flexibility index (Phi) is 5.84. The number of amides is 2. The average molecular weight is 358 g/mol. The second-order valence-corrected chi connectivity index (χ2v) is 7.44. The predicted molar refractivity (Wildman–Crippen MR) is 101 cm³/mol. The maximum absolute atomic E-state index is 12.7. The Hall–Kier alpha value is -2.04. The van der Waals surface area contributed by atoms with E-state index < -0.39 is 0 Å². The number of nitrogens with zero attached hydrogens (tertiary/aromatic N) is 2. The van der Waals surface area contributed by atoms with Crippen molar-refractivity contribution < 1.29 is 14.3 Å². The van der Waals surface area contributed by atoms with E-state index in [4.69, 9.17) is 4.74 Å².